The number of rotatable bonds is 4. The fourth-order valence-electron chi connectivity index (χ4n) is 3.73. The molecule has 1 amide bonds. The van der Waals surface area contributed by atoms with Crippen LogP contribution < -0.4 is 0 Å². The van der Waals surface area contributed by atoms with Gasteiger partial charge in [-0.05, 0) is 75.2 Å². The van der Waals surface area contributed by atoms with Crippen molar-refractivity contribution in [1.29, 1.82) is 0 Å². The molecule has 1 aliphatic heterocycles. The van der Waals surface area contributed by atoms with E-state index in [9.17, 15) is 9.18 Å². The van der Waals surface area contributed by atoms with Crippen molar-refractivity contribution in [2.45, 2.75) is 25.8 Å². The Morgan fingerprint density at radius 2 is 1.88 bits per heavy atom. The van der Waals surface area contributed by atoms with Gasteiger partial charge in [-0.15, -0.1) is 0 Å². The number of benzene rings is 2. The zero-order chi connectivity index (χ0) is 18.9. The van der Waals surface area contributed by atoms with E-state index in [1.54, 1.807) is 12.1 Å². The fourth-order valence-corrected chi connectivity index (χ4v) is 3.73. The van der Waals surface area contributed by atoms with E-state index in [0.29, 0.717) is 11.5 Å². The largest absolute Gasteiger partial charge is 0.341 e. The molecule has 4 heteroatoms. The summed E-state index contributed by atoms with van der Waals surface area (Å²) < 4.78 is 13.1. The molecular weight excluding hydrogens is 327 g/mol. The number of carbonyl (C=O) groups excluding carboxylic acids is 1. The van der Waals surface area contributed by atoms with Crippen LogP contribution in [-0.2, 0) is 0 Å². The molecule has 1 atom stereocenters. The average Bonchev–Trinajstić information content (AvgIpc) is 2.88. The number of likely N-dealkylation sites (tertiary alicyclic amines) is 1. The molecule has 0 bridgehead atoms. The summed E-state index contributed by atoms with van der Waals surface area (Å²) in [5.41, 5.74) is 2.59. The summed E-state index contributed by atoms with van der Waals surface area (Å²) in [5.74, 6) is 0.228. The van der Waals surface area contributed by atoms with E-state index in [0.717, 1.165) is 30.6 Å². The number of halogens is 1. The third-order valence-electron chi connectivity index (χ3n) is 5.92. The van der Waals surface area contributed by atoms with E-state index in [1.165, 1.54) is 12.1 Å². The molecule has 0 spiro atoms. The van der Waals surface area contributed by atoms with Crippen LogP contribution in [0.2, 0.25) is 0 Å². The Kier molecular flexibility index (Phi) is 5.15. The molecular formula is C22H27FN2O. The molecule has 2 aromatic rings. The van der Waals surface area contributed by atoms with Gasteiger partial charge >= 0.3 is 0 Å². The Morgan fingerprint density at radius 1 is 1.19 bits per heavy atom. The molecule has 0 N–H and O–H groups in total. The highest BCUT2D eigenvalue weighted by atomic mass is 19.1. The molecule has 1 aliphatic rings. The van der Waals surface area contributed by atoms with Crippen LogP contribution in [0.15, 0.2) is 48.5 Å². The van der Waals surface area contributed by atoms with E-state index >= 15 is 0 Å². The SMILES string of the molecule is CN(C[C@@H]1CCN(C)C1(C)C)C(=O)c1cccc(-c2ccc(F)cc2)c1. The topological polar surface area (TPSA) is 23.6 Å². The van der Waals surface area contributed by atoms with Crippen molar-refractivity contribution >= 4 is 5.91 Å². The molecule has 0 radical (unpaired) electrons. The summed E-state index contributed by atoms with van der Waals surface area (Å²) in [5, 5.41) is 0. The third kappa shape index (κ3) is 3.65. The molecule has 2 aromatic carbocycles. The Balaban J connectivity index is 1.75. The standard InChI is InChI=1S/C22H27FN2O/c1-22(2)19(12-13-25(22)4)15-24(3)21(26)18-7-5-6-17(14-18)16-8-10-20(23)11-9-16/h5-11,14,19H,12-13,15H2,1-4H3/t19-/m0/s1. The first-order valence-electron chi connectivity index (χ1n) is 9.12. The minimum absolute atomic E-state index is 0.0271. The van der Waals surface area contributed by atoms with E-state index in [4.69, 9.17) is 0 Å². The van der Waals surface area contributed by atoms with Crippen LogP contribution in [0.4, 0.5) is 4.39 Å². The minimum atomic E-state index is -0.259. The summed E-state index contributed by atoms with van der Waals surface area (Å²) in [6.07, 6.45) is 1.11. The first-order valence-corrected chi connectivity index (χ1v) is 9.12. The van der Waals surface area contributed by atoms with Crippen LogP contribution in [0.3, 0.4) is 0 Å². The highest BCUT2D eigenvalue weighted by Gasteiger charge is 2.39. The molecule has 138 valence electrons. The van der Waals surface area contributed by atoms with Crippen molar-refractivity contribution < 1.29 is 9.18 Å². The average molecular weight is 354 g/mol. The van der Waals surface area contributed by atoms with Gasteiger partial charge in [-0.1, -0.05) is 24.3 Å². The summed E-state index contributed by atoms with van der Waals surface area (Å²) in [6.45, 7) is 6.31. The van der Waals surface area contributed by atoms with Crippen molar-refractivity contribution in [2.75, 3.05) is 27.2 Å². The van der Waals surface area contributed by atoms with Crippen molar-refractivity contribution in [3.8, 4) is 11.1 Å². The maximum Gasteiger partial charge on any atom is 0.253 e. The third-order valence-corrected chi connectivity index (χ3v) is 5.92. The molecule has 1 fully saturated rings. The summed E-state index contributed by atoms with van der Waals surface area (Å²) in [4.78, 5) is 17.1. The Hall–Kier alpha value is -2.20. The molecule has 1 heterocycles. The van der Waals surface area contributed by atoms with Crippen molar-refractivity contribution in [3.05, 3.63) is 59.9 Å². The van der Waals surface area contributed by atoms with Gasteiger partial charge in [0.15, 0.2) is 0 Å². The highest BCUT2D eigenvalue weighted by molar-refractivity contribution is 5.95. The van der Waals surface area contributed by atoms with Crippen LogP contribution in [0.25, 0.3) is 11.1 Å². The summed E-state index contributed by atoms with van der Waals surface area (Å²) in [6, 6.07) is 13.9. The molecule has 0 unspecified atom stereocenters. The predicted molar refractivity (Wildman–Crippen MR) is 104 cm³/mol. The second kappa shape index (κ2) is 7.20. The normalized spacial score (nSPS) is 19.5. The molecule has 3 nitrogen and oxygen atoms in total. The van der Waals surface area contributed by atoms with Crippen LogP contribution in [0.1, 0.15) is 30.6 Å². The molecule has 26 heavy (non-hydrogen) atoms. The van der Waals surface area contributed by atoms with Gasteiger partial charge < -0.3 is 9.80 Å². The van der Waals surface area contributed by atoms with Crippen molar-refractivity contribution in [3.63, 3.8) is 0 Å². The number of carbonyl (C=O) groups is 1. The Labute approximate surface area is 155 Å². The zero-order valence-electron chi connectivity index (χ0n) is 16.0. The highest BCUT2D eigenvalue weighted by Crippen LogP contribution is 2.33. The lowest BCUT2D eigenvalue weighted by molar-refractivity contribution is 0.0729. The van der Waals surface area contributed by atoms with Gasteiger partial charge in [0.2, 0.25) is 0 Å². The van der Waals surface area contributed by atoms with E-state index < -0.39 is 0 Å². The smallest absolute Gasteiger partial charge is 0.253 e. The maximum atomic E-state index is 13.1. The van der Waals surface area contributed by atoms with Gasteiger partial charge in [0.25, 0.3) is 5.91 Å². The van der Waals surface area contributed by atoms with Gasteiger partial charge in [0.1, 0.15) is 5.82 Å². The van der Waals surface area contributed by atoms with E-state index in [1.807, 2.05) is 36.2 Å². The first kappa shape index (κ1) is 18.6. The van der Waals surface area contributed by atoms with Gasteiger partial charge in [0.05, 0.1) is 0 Å². The van der Waals surface area contributed by atoms with Crippen LogP contribution in [-0.4, -0.2) is 48.4 Å². The monoisotopic (exact) mass is 354 g/mol. The van der Waals surface area contributed by atoms with E-state index in [-0.39, 0.29) is 17.3 Å². The van der Waals surface area contributed by atoms with Crippen molar-refractivity contribution in [2.24, 2.45) is 5.92 Å². The Bertz CT molecular complexity index is 785. The van der Waals surface area contributed by atoms with Crippen molar-refractivity contribution in [1.82, 2.24) is 9.80 Å². The molecule has 3 rings (SSSR count). The number of hydrogen-bond acceptors (Lipinski definition) is 2. The molecule has 1 saturated heterocycles. The second-order valence-electron chi connectivity index (χ2n) is 7.83. The lowest BCUT2D eigenvalue weighted by Gasteiger charge is -2.35. The quantitative estimate of drug-likeness (QED) is 0.817. The van der Waals surface area contributed by atoms with Gasteiger partial charge in [-0.2, -0.15) is 0 Å². The lowest BCUT2D eigenvalue weighted by Crippen LogP contribution is -2.44. The van der Waals surface area contributed by atoms with Crippen LogP contribution >= 0.6 is 0 Å². The maximum absolute atomic E-state index is 13.1. The predicted octanol–water partition coefficient (Wildman–Crippen LogP) is 4.30. The summed E-state index contributed by atoms with van der Waals surface area (Å²) >= 11 is 0. The number of hydrogen-bond donors (Lipinski definition) is 0. The van der Waals surface area contributed by atoms with Gasteiger partial charge in [0, 0.05) is 24.7 Å². The minimum Gasteiger partial charge on any atom is -0.341 e. The van der Waals surface area contributed by atoms with Crippen LogP contribution in [0.5, 0.6) is 0 Å². The first-order chi connectivity index (χ1) is 12.3. The number of nitrogens with zero attached hydrogens (tertiary/aromatic N) is 2. The van der Waals surface area contributed by atoms with Gasteiger partial charge in [-0.3, -0.25) is 4.79 Å². The fraction of sp³-hybridized carbons (Fsp3) is 0.409. The Morgan fingerprint density at radius 3 is 2.50 bits per heavy atom. The zero-order valence-corrected chi connectivity index (χ0v) is 16.0. The molecule has 0 aliphatic carbocycles. The van der Waals surface area contributed by atoms with E-state index in [2.05, 4.69) is 25.8 Å². The van der Waals surface area contributed by atoms with Crippen LogP contribution in [0, 0.1) is 11.7 Å². The lowest BCUT2D eigenvalue weighted by atomic mass is 9.88. The second-order valence-corrected chi connectivity index (χ2v) is 7.83. The summed E-state index contributed by atoms with van der Waals surface area (Å²) in [7, 11) is 4.02. The molecule has 0 aromatic heterocycles. The molecule has 0 saturated carbocycles. The number of amides is 1. The van der Waals surface area contributed by atoms with Gasteiger partial charge in [-0.25, -0.2) is 4.39 Å².